The van der Waals surface area contributed by atoms with Crippen LogP contribution in [0.15, 0.2) is 29.8 Å². The molecule has 3 rings (SSSR count). The number of phenolic OH excluding ortho intramolecular Hbond substituents is 1. The summed E-state index contributed by atoms with van der Waals surface area (Å²) in [6.07, 6.45) is 1.42. The zero-order chi connectivity index (χ0) is 24.4. The van der Waals surface area contributed by atoms with Crippen LogP contribution in [0.3, 0.4) is 0 Å². The van der Waals surface area contributed by atoms with E-state index in [1.165, 1.54) is 43.4 Å². The van der Waals surface area contributed by atoms with E-state index in [1.807, 2.05) is 6.92 Å². The summed E-state index contributed by atoms with van der Waals surface area (Å²) in [6, 6.07) is 4.75. The summed E-state index contributed by atoms with van der Waals surface area (Å²) in [5.41, 5.74) is 0.296. The number of likely N-dealkylation sites (tertiary alicyclic amines) is 1. The highest BCUT2D eigenvalue weighted by molar-refractivity contribution is 6.47. The normalized spacial score (nSPS) is 17.5. The summed E-state index contributed by atoms with van der Waals surface area (Å²) in [5.74, 6) is -2.13. The zero-order valence-electron chi connectivity index (χ0n) is 18.1. The largest absolute Gasteiger partial charge is 0.507 e. The molecule has 0 radical (unpaired) electrons. The smallest absolute Gasteiger partial charge is 0.295 e. The number of hydrogen-bond acceptors (Lipinski definition) is 6. The third-order valence-electron chi connectivity index (χ3n) is 5.37. The topological polar surface area (TPSA) is 96.3 Å². The molecule has 1 aliphatic rings. The van der Waals surface area contributed by atoms with Crippen LogP contribution in [0.1, 0.15) is 36.9 Å². The molecule has 1 amide bonds. The highest BCUT2D eigenvalue weighted by Gasteiger charge is 2.46. The fraction of sp³-hybridized carbons (Fsp3) is 0.304. The lowest BCUT2D eigenvalue weighted by Gasteiger charge is -2.25. The molecule has 1 saturated heterocycles. The number of aliphatic hydroxyl groups is 1. The predicted molar refractivity (Wildman–Crippen MR) is 127 cm³/mol. The minimum Gasteiger partial charge on any atom is -0.507 e. The third kappa shape index (κ3) is 4.45. The lowest BCUT2D eigenvalue weighted by atomic mass is 9.94. The third-order valence-corrected chi connectivity index (χ3v) is 6.30. The lowest BCUT2D eigenvalue weighted by Crippen LogP contribution is -2.30. The summed E-state index contributed by atoms with van der Waals surface area (Å²) < 4.78 is 10.5. The molecule has 10 heteroatoms. The van der Waals surface area contributed by atoms with E-state index in [0.717, 1.165) is 6.42 Å². The number of aromatic hydroxyl groups is 1. The summed E-state index contributed by atoms with van der Waals surface area (Å²) in [7, 11) is 2.71. The molecular weight excluding hydrogens is 493 g/mol. The summed E-state index contributed by atoms with van der Waals surface area (Å²) >= 11 is 18.7. The Kier molecular flexibility index (Phi) is 7.67. The van der Waals surface area contributed by atoms with Gasteiger partial charge in [-0.05, 0) is 30.2 Å². The fourth-order valence-electron chi connectivity index (χ4n) is 3.77. The van der Waals surface area contributed by atoms with Gasteiger partial charge in [0.2, 0.25) is 0 Å². The average Bonchev–Trinajstić information content (AvgIpc) is 3.03. The van der Waals surface area contributed by atoms with E-state index in [1.54, 1.807) is 0 Å². The first-order valence-corrected chi connectivity index (χ1v) is 11.2. The predicted octanol–water partition coefficient (Wildman–Crippen LogP) is 5.59. The molecule has 0 bridgehead atoms. The van der Waals surface area contributed by atoms with E-state index in [-0.39, 0.29) is 50.0 Å². The SMILES string of the molecule is CCCCN1C(=O)C(=O)/C(=C(/O)c2cc(Cl)c(OC)c(Cl)c2OC)C1c1ccc(O)c(Cl)c1. The van der Waals surface area contributed by atoms with Crippen molar-refractivity contribution in [2.45, 2.75) is 25.8 Å². The molecule has 7 nitrogen and oxygen atoms in total. The highest BCUT2D eigenvalue weighted by atomic mass is 35.5. The molecule has 33 heavy (non-hydrogen) atoms. The molecule has 0 saturated carbocycles. The number of ketones is 1. The van der Waals surface area contributed by atoms with Gasteiger partial charge >= 0.3 is 0 Å². The maximum Gasteiger partial charge on any atom is 0.295 e. The van der Waals surface area contributed by atoms with Crippen molar-refractivity contribution in [3.63, 3.8) is 0 Å². The molecule has 2 N–H and O–H groups in total. The van der Waals surface area contributed by atoms with Crippen LogP contribution in [0.2, 0.25) is 15.1 Å². The number of rotatable bonds is 7. The van der Waals surface area contributed by atoms with Crippen LogP contribution in [0.5, 0.6) is 17.2 Å². The number of aliphatic hydroxyl groups excluding tert-OH is 1. The van der Waals surface area contributed by atoms with Crippen LogP contribution in [-0.4, -0.2) is 47.6 Å². The van der Waals surface area contributed by atoms with Crippen molar-refractivity contribution in [2.75, 3.05) is 20.8 Å². The average molecular weight is 515 g/mol. The van der Waals surface area contributed by atoms with Gasteiger partial charge in [-0.1, -0.05) is 54.2 Å². The Hall–Kier alpha value is -2.61. The number of methoxy groups -OCH3 is 2. The Morgan fingerprint density at radius 1 is 1.06 bits per heavy atom. The molecule has 2 aromatic rings. The highest BCUT2D eigenvalue weighted by Crippen LogP contribution is 2.47. The summed E-state index contributed by atoms with van der Waals surface area (Å²) in [4.78, 5) is 27.4. The first-order chi connectivity index (χ1) is 15.7. The first-order valence-electron chi connectivity index (χ1n) is 10.0. The minimum absolute atomic E-state index is 0.00140. The first kappa shape index (κ1) is 25.0. The van der Waals surface area contributed by atoms with Crippen LogP contribution in [0.4, 0.5) is 0 Å². The van der Waals surface area contributed by atoms with Crippen molar-refractivity contribution in [1.82, 2.24) is 4.90 Å². The van der Waals surface area contributed by atoms with Gasteiger partial charge in [0.15, 0.2) is 11.5 Å². The van der Waals surface area contributed by atoms with Gasteiger partial charge in [-0.15, -0.1) is 0 Å². The quantitative estimate of drug-likeness (QED) is 0.284. The number of halogens is 3. The molecule has 0 spiro atoms. The van der Waals surface area contributed by atoms with Crippen molar-refractivity contribution in [3.05, 3.63) is 56.0 Å². The Labute approximate surface area is 206 Å². The van der Waals surface area contributed by atoms with Gasteiger partial charge in [0.1, 0.15) is 16.5 Å². The van der Waals surface area contributed by atoms with Crippen molar-refractivity contribution >= 4 is 52.3 Å². The van der Waals surface area contributed by atoms with Crippen molar-refractivity contribution in [2.24, 2.45) is 0 Å². The maximum absolute atomic E-state index is 13.1. The van der Waals surface area contributed by atoms with Gasteiger partial charge in [0.05, 0.1) is 41.4 Å². The van der Waals surface area contributed by atoms with E-state index >= 15 is 0 Å². The molecule has 2 aromatic carbocycles. The molecule has 1 fully saturated rings. The van der Waals surface area contributed by atoms with Gasteiger partial charge < -0.3 is 24.6 Å². The molecule has 1 atom stereocenters. The van der Waals surface area contributed by atoms with E-state index in [4.69, 9.17) is 44.3 Å². The second-order valence-corrected chi connectivity index (χ2v) is 8.54. The van der Waals surface area contributed by atoms with Crippen LogP contribution in [0, 0.1) is 0 Å². The molecule has 0 aromatic heterocycles. The Bertz CT molecular complexity index is 1150. The monoisotopic (exact) mass is 513 g/mol. The van der Waals surface area contributed by atoms with Crippen molar-refractivity contribution < 1.29 is 29.3 Å². The summed E-state index contributed by atoms with van der Waals surface area (Å²) in [5, 5.41) is 21.2. The van der Waals surface area contributed by atoms with Crippen molar-refractivity contribution in [1.29, 1.82) is 0 Å². The minimum atomic E-state index is -0.945. The van der Waals surface area contributed by atoms with Gasteiger partial charge in [-0.25, -0.2) is 0 Å². The van der Waals surface area contributed by atoms with Gasteiger partial charge in [-0.2, -0.15) is 0 Å². The van der Waals surface area contributed by atoms with Crippen molar-refractivity contribution in [3.8, 4) is 17.2 Å². The van der Waals surface area contributed by atoms with E-state index < -0.39 is 23.5 Å². The number of unbranched alkanes of at least 4 members (excludes halogenated alkanes) is 1. The van der Waals surface area contributed by atoms with Crippen LogP contribution >= 0.6 is 34.8 Å². The number of carbonyl (C=O) groups is 2. The molecule has 1 heterocycles. The maximum atomic E-state index is 13.1. The van der Waals surface area contributed by atoms with Gasteiger partial charge in [0.25, 0.3) is 11.7 Å². The summed E-state index contributed by atoms with van der Waals surface area (Å²) in [6.45, 7) is 2.23. The molecular formula is C23H22Cl3NO6. The number of ether oxygens (including phenoxy) is 2. The molecule has 1 unspecified atom stereocenters. The molecule has 1 aliphatic heterocycles. The standard InChI is InChI=1S/C23H22Cl3NO6/c1-4-5-8-27-18(11-6-7-15(28)13(24)9-11)16(20(30)23(27)31)19(29)12-10-14(25)22(33-3)17(26)21(12)32-2/h6-7,9-10,18,28-29H,4-5,8H2,1-3H3/b19-16+. The Morgan fingerprint density at radius 2 is 1.73 bits per heavy atom. The molecule has 0 aliphatic carbocycles. The van der Waals surface area contributed by atoms with Crippen LogP contribution < -0.4 is 9.47 Å². The number of nitrogens with zero attached hydrogens (tertiary/aromatic N) is 1. The second kappa shape index (κ2) is 10.1. The van der Waals surface area contributed by atoms with E-state index in [9.17, 15) is 19.8 Å². The van der Waals surface area contributed by atoms with E-state index in [2.05, 4.69) is 0 Å². The Balaban J connectivity index is 2.30. The Morgan fingerprint density at radius 3 is 2.30 bits per heavy atom. The fourth-order valence-corrected chi connectivity index (χ4v) is 4.65. The number of hydrogen-bond donors (Lipinski definition) is 2. The van der Waals surface area contributed by atoms with Gasteiger partial charge in [-0.3, -0.25) is 9.59 Å². The number of amides is 1. The number of phenols is 1. The van der Waals surface area contributed by atoms with E-state index in [0.29, 0.717) is 12.0 Å². The second-order valence-electron chi connectivity index (χ2n) is 7.34. The zero-order valence-corrected chi connectivity index (χ0v) is 20.4. The van der Waals surface area contributed by atoms with Gasteiger partial charge in [0, 0.05) is 6.54 Å². The van der Waals surface area contributed by atoms with Crippen LogP contribution in [-0.2, 0) is 9.59 Å². The van der Waals surface area contributed by atoms with Crippen LogP contribution in [0.25, 0.3) is 5.76 Å². The number of Topliss-reactive ketones (excluding diaryl/α,β-unsaturated/α-hetero) is 1. The lowest BCUT2D eigenvalue weighted by molar-refractivity contribution is -0.139. The number of carbonyl (C=O) groups excluding carboxylic acids is 2. The molecule has 176 valence electrons. The number of benzene rings is 2.